The highest BCUT2D eigenvalue weighted by Gasteiger charge is 2.78. The molecule has 2 aliphatic carbocycles. The topological polar surface area (TPSA) is 191 Å². The first kappa shape index (κ1) is 33.1. The van der Waals surface area contributed by atoms with Gasteiger partial charge in [0, 0.05) is 47.0 Å². The summed E-state index contributed by atoms with van der Waals surface area (Å²) in [6, 6.07) is 0. The lowest BCUT2D eigenvalue weighted by Crippen LogP contribution is -2.71. The highest BCUT2D eigenvalue weighted by atomic mass is 16.6. The quantitative estimate of drug-likeness (QED) is 0.249. The van der Waals surface area contributed by atoms with E-state index < -0.39 is 94.8 Å². The Morgan fingerprint density at radius 2 is 1.48 bits per heavy atom. The number of carbonyl (C=O) groups is 6. The summed E-state index contributed by atoms with van der Waals surface area (Å²) in [5, 5.41) is 12.6. The van der Waals surface area contributed by atoms with E-state index in [4.69, 9.17) is 33.2 Å². The Bertz CT molecular complexity index is 1300. The summed E-state index contributed by atoms with van der Waals surface area (Å²) in [7, 11) is 0. The van der Waals surface area contributed by atoms with E-state index in [1.807, 2.05) is 0 Å². The minimum absolute atomic E-state index is 0.0380. The lowest BCUT2D eigenvalue weighted by atomic mass is 9.52. The van der Waals surface area contributed by atoms with Gasteiger partial charge in [0.15, 0.2) is 11.7 Å². The number of fused-ring (bicyclic) bond motifs is 3. The second kappa shape index (κ2) is 12.0. The van der Waals surface area contributed by atoms with Gasteiger partial charge in [-0.05, 0) is 24.6 Å². The molecule has 3 fully saturated rings. The molecule has 2 aliphatic heterocycles. The van der Waals surface area contributed by atoms with Crippen molar-refractivity contribution in [2.75, 3.05) is 13.2 Å². The molecule has 14 nitrogen and oxygen atoms in total. The van der Waals surface area contributed by atoms with Gasteiger partial charge in [0.2, 0.25) is 0 Å². The van der Waals surface area contributed by atoms with Crippen LogP contribution >= 0.6 is 0 Å². The monoisotopic (exact) mass is 622 g/mol. The first-order valence-electron chi connectivity index (χ1n) is 14.2. The van der Waals surface area contributed by atoms with Crippen LogP contribution < -0.4 is 0 Å². The van der Waals surface area contributed by atoms with Crippen molar-refractivity contribution < 1.29 is 67.0 Å². The van der Waals surface area contributed by atoms with Crippen molar-refractivity contribution in [3.05, 3.63) is 23.8 Å². The van der Waals surface area contributed by atoms with E-state index in [2.05, 4.69) is 0 Å². The molecule has 0 bridgehead atoms. The Morgan fingerprint density at radius 3 is 2.00 bits per heavy atom. The number of ether oxygens (including phenoxy) is 7. The van der Waals surface area contributed by atoms with Crippen LogP contribution in [0.15, 0.2) is 23.8 Å². The molecular weight excluding hydrogens is 584 g/mol. The van der Waals surface area contributed by atoms with Crippen molar-refractivity contribution in [3.63, 3.8) is 0 Å². The van der Waals surface area contributed by atoms with Gasteiger partial charge in [-0.2, -0.15) is 0 Å². The molecule has 2 heterocycles. The van der Waals surface area contributed by atoms with Gasteiger partial charge in [0.25, 0.3) is 0 Å². The highest BCUT2D eigenvalue weighted by molar-refractivity contribution is 5.78. The Kier molecular flexibility index (Phi) is 9.00. The van der Waals surface area contributed by atoms with Gasteiger partial charge < -0.3 is 38.3 Å². The van der Waals surface area contributed by atoms with Gasteiger partial charge in [-0.25, -0.2) is 0 Å². The molecule has 0 aromatic rings. The Morgan fingerprint density at radius 1 is 0.909 bits per heavy atom. The molecule has 1 N–H and O–H groups in total. The van der Waals surface area contributed by atoms with E-state index in [1.54, 1.807) is 6.92 Å². The summed E-state index contributed by atoms with van der Waals surface area (Å²) in [6.07, 6.45) is -2.34. The summed E-state index contributed by atoms with van der Waals surface area (Å²) in [5.74, 6) is -6.89. The molecule has 1 saturated carbocycles. The van der Waals surface area contributed by atoms with E-state index in [-0.39, 0.29) is 25.2 Å². The molecular formula is C30H38O14. The summed E-state index contributed by atoms with van der Waals surface area (Å²) >= 11 is 0. The van der Waals surface area contributed by atoms with E-state index in [1.165, 1.54) is 52.8 Å². The number of aliphatic hydroxyl groups is 1. The summed E-state index contributed by atoms with van der Waals surface area (Å²) in [4.78, 5) is 74.9. The molecule has 1 spiro atoms. The van der Waals surface area contributed by atoms with Crippen LogP contribution in [0.3, 0.4) is 0 Å². The molecule has 1 unspecified atom stereocenters. The van der Waals surface area contributed by atoms with Crippen LogP contribution in [0.25, 0.3) is 0 Å². The smallest absolute Gasteiger partial charge is 0.312 e. The maximum atomic E-state index is 13.1. The number of esters is 6. The van der Waals surface area contributed by atoms with Crippen molar-refractivity contribution in [2.24, 2.45) is 17.3 Å². The third-order valence-electron chi connectivity index (χ3n) is 8.95. The largest absolute Gasteiger partial charge is 0.462 e. The summed E-state index contributed by atoms with van der Waals surface area (Å²) in [6.45, 7) is 8.51. The average Bonchev–Trinajstić information content (AvgIpc) is 3.65. The van der Waals surface area contributed by atoms with E-state index in [0.29, 0.717) is 0 Å². The zero-order valence-electron chi connectivity index (χ0n) is 25.6. The Balaban J connectivity index is 2.08. The van der Waals surface area contributed by atoms with E-state index >= 15 is 0 Å². The highest BCUT2D eigenvalue weighted by Crippen LogP contribution is 2.62. The Hall–Kier alpha value is -3.78. The third kappa shape index (κ3) is 5.84. The molecule has 14 heteroatoms. The number of hydrogen-bond donors (Lipinski definition) is 1. The van der Waals surface area contributed by atoms with Gasteiger partial charge in [-0.15, -0.1) is 0 Å². The predicted molar refractivity (Wildman–Crippen MR) is 145 cm³/mol. The van der Waals surface area contributed by atoms with Crippen LogP contribution in [-0.2, 0) is 61.9 Å². The minimum Gasteiger partial charge on any atom is -0.462 e. The standard InChI is InChI=1S/C30H38O14/c1-14-27(36)44-24-10-20(12-38-15(2)31)8-9-21(40-16(3)32)28(7)22(41-17(4)33)11-23(42-18(5)34)29(13-39-29)25(28)26(30(14,24)37)43-19(6)35/h8-10,14,21-26,37H,11-13H2,1-7H3/b9-8+,20-10+/t14-,21-,22-,23+,24-,25+,26?,28-,29+,30-/m0/s1. The second-order valence-electron chi connectivity index (χ2n) is 11.9. The van der Waals surface area contributed by atoms with Crippen molar-refractivity contribution in [2.45, 2.75) is 96.6 Å². The van der Waals surface area contributed by atoms with E-state index in [0.717, 1.165) is 6.92 Å². The zero-order chi connectivity index (χ0) is 32.8. The summed E-state index contributed by atoms with van der Waals surface area (Å²) in [5.41, 5.74) is -5.03. The fraction of sp³-hybridized carbons (Fsp3) is 0.667. The van der Waals surface area contributed by atoms with Gasteiger partial charge in [0.05, 0.1) is 17.9 Å². The minimum atomic E-state index is -2.29. The molecule has 0 amide bonds. The fourth-order valence-electron chi connectivity index (χ4n) is 6.93. The lowest BCUT2D eigenvalue weighted by Gasteiger charge is -2.57. The van der Waals surface area contributed by atoms with Crippen LogP contribution in [-0.4, -0.2) is 95.9 Å². The molecule has 2 saturated heterocycles. The normalized spacial score (nSPS) is 41.0. The lowest BCUT2D eigenvalue weighted by molar-refractivity contribution is -0.252. The predicted octanol–water partition coefficient (Wildman–Crippen LogP) is 0.860. The zero-order valence-corrected chi connectivity index (χ0v) is 25.6. The van der Waals surface area contributed by atoms with Gasteiger partial charge >= 0.3 is 35.8 Å². The van der Waals surface area contributed by atoms with Gasteiger partial charge in [-0.3, -0.25) is 28.8 Å². The molecule has 0 aromatic carbocycles. The van der Waals surface area contributed by atoms with Crippen LogP contribution in [0.4, 0.5) is 0 Å². The SMILES string of the molecule is CC(=O)OCC1=C/[C@@H]2OC(=O)[C@H](C)[C@@]2(O)C(OC(C)=O)[C@H]2[C@@]3(CO3)[C@H](OC(C)=O)C[C@H](OC(C)=O)[C@]2(C)[C@@H](OC(C)=O)\C=C\1. The van der Waals surface area contributed by atoms with Crippen molar-refractivity contribution in [1.82, 2.24) is 0 Å². The number of carbonyl (C=O) groups excluding carboxylic acids is 6. The Labute approximate surface area is 253 Å². The molecule has 4 aliphatic rings. The number of hydrogen-bond acceptors (Lipinski definition) is 14. The van der Waals surface area contributed by atoms with Crippen LogP contribution in [0.1, 0.15) is 54.9 Å². The van der Waals surface area contributed by atoms with E-state index in [9.17, 15) is 33.9 Å². The maximum absolute atomic E-state index is 13.1. The average molecular weight is 623 g/mol. The molecule has 0 aromatic heterocycles. The van der Waals surface area contributed by atoms with Crippen molar-refractivity contribution >= 4 is 35.8 Å². The van der Waals surface area contributed by atoms with Crippen LogP contribution in [0, 0.1) is 17.3 Å². The van der Waals surface area contributed by atoms with Crippen LogP contribution in [0.5, 0.6) is 0 Å². The first-order chi connectivity index (χ1) is 20.5. The molecule has 0 radical (unpaired) electrons. The molecule has 4 rings (SSSR count). The second-order valence-corrected chi connectivity index (χ2v) is 11.9. The first-order valence-corrected chi connectivity index (χ1v) is 14.2. The third-order valence-corrected chi connectivity index (χ3v) is 8.95. The molecule has 10 atom stereocenters. The maximum Gasteiger partial charge on any atom is 0.312 e. The van der Waals surface area contributed by atoms with Crippen molar-refractivity contribution in [1.29, 1.82) is 0 Å². The fourth-order valence-corrected chi connectivity index (χ4v) is 6.93. The van der Waals surface area contributed by atoms with Gasteiger partial charge in [0.1, 0.15) is 36.6 Å². The van der Waals surface area contributed by atoms with Crippen molar-refractivity contribution in [3.8, 4) is 0 Å². The van der Waals surface area contributed by atoms with Crippen LogP contribution in [0.2, 0.25) is 0 Å². The summed E-state index contributed by atoms with van der Waals surface area (Å²) < 4.78 is 40.0. The van der Waals surface area contributed by atoms with Gasteiger partial charge in [-0.1, -0.05) is 13.0 Å². The number of rotatable bonds is 6. The molecule has 242 valence electrons. The molecule has 44 heavy (non-hydrogen) atoms. The number of epoxide rings is 1.